The van der Waals surface area contributed by atoms with Crippen molar-refractivity contribution in [2.24, 2.45) is 0 Å². The molecule has 168 valence electrons. The van der Waals surface area contributed by atoms with Gasteiger partial charge >= 0.3 is 11.9 Å². The van der Waals surface area contributed by atoms with Gasteiger partial charge in [0.25, 0.3) is 0 Å². The third-order valence-electron chi connectivity index (χ3n) is 4.31. The second-order valence-corrected chi connectivity index (χ2v) is 8.61. The van der Waals surface area contributed by atoms with Gasteiger partial charge in [-0.05, 0) is 80.2 Å². The van der Waals surface area contributed by atoms with Gasteiger partial charge in [-0.15, -0.1) is 0 Å². The molecule has 0 aromatic heterocycles. The van der Waals surface area contributed by atoms with E-state index in [1.165, 1.54) is 12.1 Å². The normalized spacial score (nSPS) is 10.2. The van der Waals surface area contributed by atoms with Crippen LogP contribution < -0.4 is 9.47 Å². The zero-order valence-electron chi connectivity index (χ0n) is 17.6. The van der Waals surface area contributed by atoms with Crippen LogP contribution in [0.2, 0.25) is 0 Å². The molecule has 2 N–H and O–H groups in total. The molecule has 0 spiro atoms. The summed E-state index contributed by atoms with van der Waals surface area (Å²) in [4.78, 5) is 21.3. The lowest BCUT2D eigenvalue weighted by atomic mass is 10.0. The summed E-state index contributed by atoms with van der Waals surface area (Å²) in [6.45, 7) is 4.16. The molecule has 0 radical (unpaired) electrons. The van der Waals surface area contributed by atoms with Gasteiger partial charge in [0, 0.05) is 5.56 Å². The number of carboxylic acids is 2. The third-order valence-corrected chi connectivity index (χ3v) is 5.49. The Labute approximate surface area is 203 Å². The fourth-order valence-electron chi connectivity index (χ4n) is 2.71. The fraction of sp³-hybridized carbons (Fsp3) is 0.167. The molecule has 3 rings (SSSR count). The first-order valence-corrected chi connectivity index (χ1v) is 11.1. The molecule has 3 aromatic carbocycles. The Hall–Kier alpha value is -2.84. The molecule has 0 aliphatic rings. The highest BCUT2D eigenvalue weighted by Crippen LogP contribution is 2.39. The van der Waals surface area contributed by atoms with E-state index in [9.17, 15) is 9.59 Å². The van der Waals surface area contributed by atoms with Crippen LogP contribution in [0, 0.1) is 0 Å². The molecule has 0 fully saturated rings. The first-order chi connectivity index (χ1) is 15.1. The van der Waals surface area contributed by atoms with Crippen molar-refractivity contribution >= 4 is 43.8 Å². The van der Waals surface area contributed by atoms with Gasteiger partial charge in [0.05, 0.1) is 27.2 Å². The van der Waals surface area contributed by atoms with Crippen molar-refractivity contribution in [3.63, 3.8) is 0 Å². The Morgan fingerprint density at radius 2 is 1.41 bits per heavy atom. The van der Waals surface area contributed by atoms with Gasteiger partial charge in [0.15, 0.2) is 5.75 Å². The topological polar surface area (TPSA) is 93.1 Å². The van der Waals surface area contributed by atoms with Crippen LogP contribution in [0.4, 0.5) is 0 Å². The van der Waals surface area contributed by atoms with Crippen molar-refractivity contribution in [3.8, 4) is 17.2 Å². The maximum Gasteiger partial charge on any atom is 0.335 e. The van der Waals surface area contributed by atoms with Gasteiger partial charge in [-0.25, -0.2) is 9.59 Å². The van der Waals surface area contributed by atoms with Crippen LogP contribution in [0.5, 0.6) is 17.2 Å². The highest BCUT2D eigenvalue weighted by atomic mass is 79.9. The van der Waals surface area contributed by atoms with Crippen LogP contribution in [0.1, 0.15) is 46.0 Å². The SMILES string of the molecule is COc1ccc(Oc2c(Br)cc(C(=O)O)cc2Br)cc1C(C)C.O=C(O)c1ccccc1. The lowest BCUT2D eigenvalue weighted by molar-refractivity contribution is 0.0686. The summed E-state index contributed by atoms with van der Waals surface area (Å²) in [5.41, 5.74) is 1.55. The van der Waals surface area contributed by atoms with Gasteiger partial charge in [-0.3, -0.25) is 0 Å². The maximum absolute atomic E-state index is 11.1. The van der Waals surface area contributed by atoms with Crippen LogP contribution >= 0.6 is 31.9 Å². The smallest absolute Gasteiger partial charge is 0.335 e. The molecular weight excluding hydrogens is 544 g/mol. The lowest BCUT2D eigenvalue weighted by Gasteiger charge is -2.15. The molecule has 0 saturated carbocycles. The Bertz CT molecular complexity index is 1070. The first kappa shape index (κ1) is 25.4. The predicted molar refractivity (Wildman–Crippen MR) is 129 cm³/mol. The maximum atomic E-state index is 11.1. The van der Waals surface area contributed by atoms with E-state index in [-0.39, 0.29) is 11.5 Å². The summed E-state index contributed by atoms with van der Waals surface area (Å²) in [6.07, 6.45) is 0. The van der Waals surface area contributed by atoms with E-state index >= 15 is 0 Å². The van der Waals surface area contributed by atoms with E-state index in [0.717, 1.165) is 11.3 Å². The quantitative estimate of drug-likeness (QED) is 0.328. The third kappa shape index (κ3) is 6.83. The number of benzene rings is 3. The summed E-state index contributed by atoms with van der Waals surface area (Å²) >= 11 is 6.71. The average Bonchev–Trinajstić information content (AvgIpc) is 2.76. The summed E-state index contributed by atoms with van der Waals surface area (Å²) in [7, 11) is 1.64. The van der Waals surface area contributed by atoms with Crippen LogP contribution in [-0.2, 0) is 0 Å². The van der Waals surface area contributed by atoms with Crippen molar-refractivity contribution in [3.05, 3.63) is 86.3 Å². The number of carboxylic acid groups (broad SMARTS) is 2. The molecule has 0 bridgehead atoms. The van der Waals surface area contributed by atoms with Crippen LogP contribution in [0.25, 0.3) is 0 Å². The Morgan fingerprint density at radius 3 is 1.84 bits per heavy atom. The number of ether oxygens (including phenoxy) is 2. The van der Waals surface area contributed by atoms with Gasteiger partial charge in [-0.2, -0.15) is 0 Å². The zero-order valence-corrected chi connectivity index (χ0v) is 20.8. The number of halogens is 2. The van der Waals surface area contributed by atoms with E-state index in [2.05, 4.69) is 45.7 Å². The minimum atomic E-state index is -0.996. The second-order valence-electron chi connectivity index (χ2n) is 6.91. The molecule has 0 aliphatic carbocycles. The molecule has 0 amide bonds. The van der Waals surface area contributed by atoms with Gasteiger partial charge in [-0.1, -0.05) is 32.0 Å². The predicted octanol–water partition coefficient (Wildman–Crippen LogP) is 7.22. The molecule has 32 heavy (non-hydrogen) atoms. The first-order valence-electron chi connectivity index (χ1n) is 9.50. The van der Waals surface area contributed by atoms with Crippen molar-refractivity contribution < 1.29 is 29.3 Å². The van der Waals surface area contributed by atoms with Crippen LogP contribution in [0.3, 0.4) is 0 Å². The highest BCUT2D eigenvalue weighted by Gasteiger charge is 2.15. The number of methoxy groups -OCH3 is 1. The molecule has 6 nitrogen and oxygen atoms in total. The number of carbonyl (C=O) groups is 2. The average molecular weight is 566 g/mol. The van der Waals surface area contributed by atoms with Gasteiger partial charge in [0.1, 0.15) is 11.5 Å². The van der Waals surface area contributed by atoms with E-state index in [1.54, 1.807) is 37.4 Å². The van der Waals surface area contributed by atoms with Gasteiger partial charge in [0.2, 0.25) is 0 Å². The van der Waals surface area contributed by atoms with E-state index in [0.29, 0.717) is 26.0 Å². The Kier molecular flexibility index (Phi) is 9.28. The fourth-order valence-corrected chi connectivity index (χ4v) is 4.05. The lowest BCUT2D eigenvalue weighted by Crippen LogP contribution is -1.98. The van der Waals surface area contributed by atoms with Crippen molar-refractivity contribution in [1.29, 1.82) is 0 Å². The molecule has 8 heteroatoms. The number of hydrogen-bond donors (Lipinski definition) is 2. The van der Waals surface area contributed by atoms with E-state index in [4.69, 9.17) is 19.7 Å². The van der Waals surface area contributed by atoms with Crippen LogP contribution in [0.15, 0.2) is 69.6 Å². The van der Waals surface area contributed by atoms with Gasteiger partial charge < -0.3 is 19.7 Å². The molecule has 0 unspecified atom stereocenters. The minimum Gasteiger partial charge on any atom is -0.496 e. The summed E-state index contributed by atoms with van der Waals surface area (Å²) < 4.78 is 12.4. The highest BCUT2D eigenvalue weighted by molar-refractivity contribution is 9.11. The molecular formula is C24H22Br2O6. The molecule has 0 heterocycles. The molecule has 3 aromatic rings. The molecule has 0 atom stereocenters. The Morgan fingerprint density at radius 1 is 0.844 bits per heavy atom. The zero-order chi connectivity index (χ0) is 23.8. The minimum absolute atomic E-state index is 0.175. The molecule has 0 aliphatic heterocycles. The second kappa shape index (κ2) is 11.7. The summed E-state index contributed by atoms with van der Waals surface area (Å²) in [6, 6.07) is 16.9. The standard InChI is InChI=1S/C17H16Br2O4.C7H6O2/c1-9(2)12-8-11(4-5-15(12)22-3)23-16-13(18)6-10(17(20)21)7-14(16)19;8-7(9)6-4-2-1-3-5-6/h4-9H,1-3H3,(H,20,21);1-5H,(H,8,9). The van der Waals surface area contributed by atoms with Crippen LogP contribution in [-0.4, -0.2) is 29.3 Å². The van der Waals surface area contributed by atoms with Crippen molar-refractivity contribution in [2.45, 2.75) is 19.8 Å². The molecule has 0 saturated heterocycles. The van der Waals surface area contributed by atoms with E-state index in [1.807, 2.05) is 18.2 Å². The number of rotatable bonds is 6. The Balaban J connectivity index is 0.000000336. The summed E-state index contributed by atoms with van der Waals surface area (Å²) in [5, 5.41) is 17.5. The summed E-state index contributed by atoms with van der Waals surface area (Å²) in [5.74, 6) is 0.399. The number of hydrogen-bond acceptors (Lipinski definition) is 4. The largest absolute Gasteiger partial charge is 0.496 e. The van der Waals surface area contributed by atoms with E-state index < -0.39 is 11.9 Å². The van der Waals surface area contributed by atoms with Crippen molar-refractivity contribution in [2.75, 3.05) is 7.11 Å². The monoisotopic (exact) mass is 564 g/mol. The number of aromatic carboxylic acids is 2. The van der Waals surface area contributed by atoms with Crippen molar-refractivity contribution in [1.82, 2.24) is 0 Å².